The van der Waals surface area contributed by atoms with Crippen LogP contribution in [0.2, 0.25) is 0 Å². The first-order valence-electron chi connectivity index (χ1n) is 8.52. The highest BCUT2D eigenvalue weighted by Crippen LogP contribution is 2.31. The maximum absolute atomic E-state index is 12.9. The lowest BCUT2D eigenvalue weighted by Gasteiger charge is -2.07. The molecule has 0 radical (unpaired) electrons. The molecule has 0 aliphatic carbocycles. The number of benzene rings is 1. The van der Waals surface area contributed by atoms with Crippen molar-refractivity contribution in [2.24, 2.45) is 0 Å². The van der Waals surface area contributed by atoms with Gasteiger partial charge in [0.05, 0.1) is 11.3 Å². The smallest absolute Gasteiger partial charge is 0.277 e. The van der Waals surface area contributed by atoms with Gasteiger partial charge in [-0.15, -0.1) is 21.5 Å². The Morgan fingerprint density at radius 2 is 1.86 bits per heavy atom. The average Bonchev–Trinajstić information content (AvgIpc) is 3.32. The summed E-state index contributed by atoms with van der Waals surface area (Å²) < 4.78 is 40.2. The highest BCUT2D eigenvalue weighted by atomic mass is 32.2. The molecule has 9 heteroatoms. The number of hydrogen-bond acceptors (Lipinski definition) is 5. The van der Waals surface area contributed by atoms with Crippen LogP contribution < -0.4 is 0 Å². The Labute approximate surface area is 167 Å². The van der Waals surface area contributed by atoms with Gasteiger partial charge in [0.15, 0.2) is 10.8 Å². The molecule has 0 spiro atoms. The van der Waals surface area contributed by atoms with E-state index < -0.39 is 11.7 Å². The lowest BCUT2D eigenvalue weighted by molar-refractivity contribution is -0.137. The summed E-state index contributed by atoms with van der Waals surface area (Å²) in [5, 5.41) is 11.2. The number of thioether (sulfide) groups is 1. The van der Waals surface area contributed by atoms with E-state index in [2.05, 4.69) is 46.4 Å². The quantitative estimate of drug-likeness (QED) is 0.387. The van der Waals surface area contributed by atoms with E-state index in [1.54, 1.807) is 11.3 Å². The second-order valence-electron chi connectivity index (χ2n) is 6.11. The van der Waals surface area contributed by atoms with Gasteiger partial charge in [0, 0.05) is 22.9 Å². The highest BCUT2D eigenvalue weighted by Gasteiger charge is 2.31. The third-order valence-corrected chi connectivity index (χ3v) is 6.13. The van der Waals surface area contributed by atoms with Crippen molar-refractivity contribution < 1.29 is 13.2 Å². The normalized spacial score (nSPS) is 12.0. The van der Waals surface area contributed by atoms with Crippen molar-refractivity contribution in [3.05, 3.63) is 64.8 Å². The number of pyridine rings is 1. The van der Waals surface area contributed by atoms with Crippen LogP contribution in [0.4, 0.5) is 13.2 Å². The Hall–Kier alpha value is -2.39. The molecule has 0 saturated carbocycles. The van der Waals surface area contributed by atoms with Gasteiger partial charge in [0.25, 0.3) is 0 Å². The van der Waals surface area contributed by atoms with Crippen LogP contribution in [0.1, 0.15) is 23.7 Å². The van der Waals surface area contributed by atoms with Gasteiger partial charge in [-0.25, -0.2) is 4.98 Å². The van der Waals surface area contributed by atoms with E-state index in [0.29, 0.717) is 16.6 Å². The first-order valence-corrected chi connectivity index (χ1v) is 10.4. The Morgan fingerprint density at radius 1 is 1.07 bits per heavy atom. The zero-order valence-electron chi connectivity index (χ0n) is 14.8. The maximum atomic E-state index is 12.9. The number of rotatable bonds is 5. The summed E-state index contributed by atoms with van der Waals surface area (Å²) in [6, 6.07) is 10.6. The van der Waals surface area contributed by atoms with Crippen LogP contribution in [0.15, 0.2) is 53.1 Å². The minimum atomic E-state index is -4.41. The molecular formula is C19H15F3N4S2. The fraction of sp³-hybridized carbons (Fsp3) is 0.211. The predicted molar refractivity (Wildman–Crippen MR) is 104 cm³/mol. The zero-order chi connectivity index (χ0) is 19.7. The molecule has 3 heterocycles. The lowest BCUT2D eigenvalue weighted by Crippen LogP contribution is -2.06. The van der Waals surface area contributed by atoms with Crippen LogP contribution in [-0.4, -0.2) is 19.6 Å². The molecule has 4 nitrogen and oxygen atoms in total. The summed E-state index contributed by atoms with van der Waals surface area (Å²) in [4.78, 5) is 4.63. The van der Waals surface area contributed by atoms with Gasteiger partial charge in [-0.1, -0.05) is 43.0 Å². The molecule has 0 bridgehead atoms. The Morgan fingerprint density at radius 3 is 2.57 bits per heavy atom. The molecule has 0 atom stereocenters. The number of fused-ring (bicyclic) bond motifs is 1. The Kier molecular flexibility index (Phi) is 5.11. The standard InChI is InChI=1S/C19H15F3N4S2/c1-2-12-3-5-13(6-4-12)17-23-15(10-27-17)11-28-18-25-24-16-8-7-14(9-26(16)18)19(20,21)22/h3-10H,2,11H2,1H3. The molecule has 0 aliphatic rings. The summed E-state index contributed by atoms with van der Waals surface area (Å²) in [5.74, 6) is 0.501. The summed E-state index contributed by atoms with van der Waals surface area (Å²) in [7, 11) is 0. The van der Waals surface area contributed by atoms with Crippen molar-refractivity contribution in [1.82, 2.24) is 19.6 Å². The molecule has 4 aromatic rings. The van der Waals surface area contributed by atoms with Crippen LogP contribution in [0.3, 0.4) is 0 Å². The van der Waals surface area contributed by atoms with E-state index in [0.717, 1.165) is 34.9 Å². The summed E-state index contributed by atoms with van der Waals surface area (Å²) in [5.41, 5.74) is 2.83. The number of nitrogens with zero attached hydrogens (tertiary/aromatic N) is 4. The Balaban J connectivity index is 1.51. The van der Waals surface area contributed by atoms with Gasteiger partial charge in [-0.2, -0.15) is 13.2 Å². The van der Waals surface area contributed by atoms with Crippen molar-refractivity contribution in [2.45, 2.75) is 30.4 Å². The first kappa shape index (κ1) is 18.9. The summed E-state index contributed by atoms with van der Waals surface area (Å²) in [6.07, 6.45) is -2.39. The fourth-order valence-electron chi connectivity index (χ4n) is 2.66. The second-order valence-corrected chi connectivity index (χ2v) is 7.91. The maximum Gasteiger partial charge on any atom is 0.417 e. The summed E-state index contributed by atoms with van der Waals surface area (Å²) in [6.45, 7) is 2.11. The summed E-state index contributed by atoms with van der Waals surface area (Å²) >= 11 is 2.86. The topological polar surface area (TPSA) is 43.1 Å². The number of thiazole rings is 1. The Bertz CT molecular complexity index is 1100. The molecule has 0 N–H and O–H groups in total. The molecular weight excluding hydrogens is 405 g/mol. The minimum Gasteiger partial charge on any atom is -0.277 e. The van der Waals surface area contributed by atoms with E-state index in [9.17, 15) is 13.2 Å². The van der Waals surface area contributed by atoms with Gasteiger partial charge in [-0.3, -0.25) is 4.40 Å². The largest absolute Gasteiger partial charge is 0.417 e. The molecule has 0 fully saturated rings. The van der Waals surface area contributed by atoms with E-state index >= 15 is 0 Å². The molecule has 144 valence electrons. The molecule has 0 amide bonds. The number of hydrogen-bond donors (Lipinski definition) is 0. The first-order chi connectivity index (χ1) is 13.4. The van der Waals surface area contributed by atoms with Gasteiger partial charge in [-0.05, 0) is 24.1 Å². The van der Waals surface area contributed by atoms with E-state index in [1.165, 1.54) is 27.8 Å². The monoisotopic (exact) mass is 420 g/mol. The van der Waals surface area contributed by atoms with Crippen LogP contribution >= 0.6 is 23.1 Å². The molecule has 3 aromatic heterocycles. The number of aryl methyl sites for hydroxylation is 1. The fourth-order valence-corrected chi connectivity index (χ4v) is 4.40. The van der Waals surface area contributed by atoms with Gasteiger partial charge in [0.2, 0.25) is 0 Å². The SMILES string of the molecule is CCc1ccc(-c2nc(CSc3nnc4ccc(C(F)(F)F)cn34)cs2)cc1. The molecule has 0 saturated heterocycles. The van der Waals surface area contributed by atoms with Crippen molar-refractivity contribution in [3.8, 4) is 10.6 Å². The van der Waals surface area contributed by atoms with Crippen molar-refractivity contribution in [1.29, 1.82) is 0 Å². The average molecular weight is 420 g/mol. The number of halogens is 3. The molecule has 0 unspecified atom stereocenters. The molecule has 28 heavy (non-hydrogen) atoms. The van der Waals surface area contributed by atoms with Gasteiger partial charge < -0.3 is 0 Å². The number of alkyl halides is 3. The van der Waals surface area contributed by atoms with E-state index in [4.69, 9.17) is 0 Å². The highest BCUT2D eigenvalue weighted by molar-refractivity contribution is 7.98. The van der Waals surface area contributed by atoms with Crippen LogP contribution in [-0.2, 0) is 18.3 Å². The van der Waals surface area contributed by atoms with Crippen molar-refractivity contribution in [3.63, 3.8) is 0 Å². The predicted octanol–water partition coefficient (Wildman–Crippen LogP) is 5.73. The van der Waals surface area contributed by atoms with Gasteiger partial charge in [0.1, 0.15) is 5.01 Å². The number of aromatic nitrogens is 4. The van der Waals surface area contributed by atoms with Crippen LogP contribution in [0, 0.1) is 0 Å². The second kappa shape index (κ2) is 7.56. The molecule has 0 aliphatic heterocycles. The third-order valence-electron chi connectivity index (χ3n) is 4.21. The van der Waals surface area contributed by atoms with Gasteiger partial charge >= 0.3 is 6.18 Å². The van der Waals surface area contributed by atoms with Crippen LogP contribution in [0.5, 0.6) is 0 Å². The molecule has 1 aromatic carbocycles. The third kappa shape index (κ3) is 3.90. The van der Waals surface area contributed by atoms with Crippen molar-refractivity contribution in [2.75, 3.05) is 0 Å². The minimum absolute atomic E-state index is 0.380. The van der Waals surface area contributed by atoms with E-state index in [-0.39, 0.29) is 0 Å². The van der Waals surface area contributed by atoms with E-state index in [1.807, 2.05) is 5.38 Å². The van der Waals surface area contributed by atoms with Crippen LogP contribution in [0.25, 0.3) is 16.2 Å². The lowest BCUT2D eigenvalue weighted by atomic mass is 10.1. The van der Waals surface area contributed by atoms with Crippen molar-refractivity contribution >= 4 is 28.7 Å². The molecule has 4 rings (SSSR count). The zero-order valence-corrected chi connectivity index (χ0v) is 16.4.